The van der Waals surface area contributed by atoms with Crippen LogP contribution in [0.25, 0.3) is 0 Å². The molecule has 2 atom stereocenters. The Morgan fingerprint density at radius 2 is 1.52 bits per heavy atom. The van der Waals surface area contributed by atoms with E-state index in [1.54, 1.807) is 6.92 Å². The second-order valence-electron chi connectivity index (χ2n) is 7.69. The molecule has 0 bridgehead atoms. The van der Waals surface area contributed by atoms with E-state index in [-0.39, 0.29) is 18.5 Å². The van der Waals surface area contributed by atoms with E-state index in [4.69, 9.17) is 14.0 Å². The highest BCUT2D eigenvalue weighted by molar-refractivity contribution is 6.47. The zero-order chi connectivity index (χ0) is 18.1. The number of carbonyl (C=O) groups is 1. The number of hydrogen-bond acceptors (Lipinski definition) is 6. The lowest BCUT2D eigenvalue weighted by molar-refractivity contribution is -0.138. The molecule has 140 valence electrons. The molecule has 0 aromatic carbocycles. The average molecular weight is 352 g/mol. The molecular weight excluding hydrogens is 323 g/mol. The van der Waals surface area contributed by atoms with Crippen LogP contribution in [0.5, 0.6) is 0 Å². The minimum Gasteiger partial charge on any atom is -0.463 e. The van der Waals surface area contributed by atoms with Gasteiger partial charge in [-0.05, 0) is 32.6 Å². The van der Waals surface area contributed by atoms with Crippen molar-refractivity contribution < 1.29 is 29.1 Å². The van der Waals surface area contributed by atoms with Gasteiger partial charge in [-0.2, -0.15) is 0 Å². The van der Waals surface area contributed by atoms with E-state index in [1.165, 1.54) is 0 Å². The Bertz CT molecular complexity index is 480. The number of ether oxygens (including phenoxy) is 1. The summed E-state index contributed by atoms with van der Waals surface area (Å²) >= 11 is 0. The van der Waals surface area contributed by atoms with E-state index in [9.17, 15) is 15.0 Å². The summed E-state index contributed by atoms with van der Waals surface area (Å²) in [6.07, 6.45) is 5.43. The number of esters is 1. The maximum Gasteiger partial charge on any atom is 0.462 e. The standard InChI is InChI=1S/C18H29BO6/c1-3-23-16(20)13(2)12-19-24-14(17(21)8-4-5-9-17)15(25-19)18(22)10-6-7-11-18/h14-15,21-22H,2-12H2,1H3/t14-,15-/m1/s1. The summed E-state index contributed by atoms with van der Waals surface area (Å²) < 4.78 is 17.0. The summed E-state index contributed by atoms with van der Waals surface area (Å²) in [6.45, 7) is 5.78. The summed E-state index contributed by atoms with van der Waals surface area (Å²) in [7, 11) is -0.693. The number of carbonyl (C=O) groups excluding carboxylic acids is 1. The molecule has 0 aromatic rings. The first-order valence-electron chi connectivity index (χ1n) is 9.48. The van der Waals surface area contributed by atoms with Gasteiger partial charge in [0.25, 0.3) is 0 Å². The van der Waals surface area contributed by atoms with E-state index >= 15 is 0 Å². The molecule has 3 aliphatic rings. The van der Waals surface area contributed by atoms with Crippen molar-refractivity contribution in [3.05, 3.63) is 12.2 Å². The van der Waals surface area contributed by atoms with Gasteiger partial charge in [0.1, 0.15) is 0 Å². The molecular formula is C18H29BO6. The molecule has 2 N–H and O–H groups in total. The minimum atomic E-state index is -0.969. The molecule has 7 heteroatoms. The van der Waals surface area contributed by atoms with Gasteiger partial charge < -0.3 is 24.3 Å². The fraction of sp³-hybridized carbons (Fsp3) is 0.833. The number of aliphatic hydroxyl groups is 2. The third kappa shape index (κ3) is 3.79. The summed E-state index contributed by atoms with van der Waals surface area (Å²) in [5, 5.41) is 22.1. The second-order valence-corrected chi connectivity index (χ2v) is 7.69. The van der Waals surface area contributed by atoms with Crippen LogP contribution in [0.4, 0.5) is 0 Å². The van der Waals surface area contributed by atoms with Crippen molar-refractivity contribution in [1.82, 2.24) is 0 Å². The summed E-state index contributed by atoms with van der Waals surface area (Å²) in [6, 6.07) is 0. The molecule has 25 heavy (non-hydrogen) atoms. The molecule has 2 saturated carbocycles. The average Bonchev–Trinajstić information content (AvgIpc) is 3.28. The van der Waals surface area contributed by atoms with Crippen molar-refractivity contribution in [1.29, 1.82) is 0 Å². The molecule has 1 aliphatic heterocycles. The minimum absolute atomic E-state index is 0.179. The van der Waals surface area contributed by atoms with Gasteiger partial charge in [0.05, 0.1) is 30.0 Å². The van der Waals surface area contributed by atoms with Gasteiger partial charge in [-0.25, -0.2) is 4.79 Å². The van der Waals surface area contributed by atoms with E-state index in [0.717, 1.165) is 25.7 Å². The van der Waals surface area contributed by atoms with E-state index in [0.29, 0.717) is 25.7 Å². The molecule has 0 spiro atoms. The van der Waals surface area contributed by atoms with Gasteiger partial charge in [0, 0.05) is 11.9 Å². The smallest absolute Gasteiger partial charge is 0.462 e. The second kappa shape index (κ2) is 7.39. The normalized spacial score (nSPS) is 30.6. The van der Waals surface area contributed by atoms with E-state index in [1.807, 2.05) is 0 Å². The predicted molar refractivity (Wildman–Crippen MR) is 92.9 cm³/mol. The van der Waals surface area contributed by atoms with Gasteiger partial charge in [0.15, 0.2) is 0 Å². The van der Waals surface area contributed by atoms with Crippen LogP contribution in [0.1, 0.15) is 58.3 Å². The highest BCUT2D eigenvalue weighted by Gasteiger charge is 2.58. The zero-order valence-electron chi connectivity index (χ0n) is 15.0. The van der Waals surface area contributed by atoms with Crippen LogP contribution in [0.15, 0.2) is 12.2 Å². The quantitative estimate of drug-likeness (QED) is 0.432. The summed E-state index contributed by atoms with van der Waals surface area (Å²) in [5.74, 6) is -0.464. The first-order chi connectivity index (χ1) is 11.9. The molecule has 1 heterocycles. The van der Waals surface area contributed by atoms with Crippen LogP contribution < -0.4 is 0 Å². The fourth-order valence-corrected chi connectivity index (χ4v) is 4.48. The first kappa shape index (κ1) is 18.9. The topological polar surface area (TPSA) is 85.2 Å². The SMILES string of the molecule is C=C(CB1O[C@@H](C2(O)CCCC2)[C@H](C2(O)CCCC2)O1)C(=O)OCC. The van der Waals surface area contributed by atoms with E-state index < -0.39 is 36.5 Å². The molecule has 3 rings (SSSR count). The van der Waals surface area contributed by atoms with Crippen molar-refractivity contribution in [2.24, 2.45) is 0 Å². The highest BCUT2D eigenvalue weighted by atomic mass is 16.7. The maximum absolute atomic E-state index is 11.8. The van der Waals surface area contributed by atoms with Crippen LogP contribution >= 0.6 is 0 Å². The van der Waals surface area contributed by atoms with E-state index in [2.05, 4.69) is 6.58 Å². The predicted octanol–water partition coefficient (Wildman–Crippen LogP) is 1.99. The van der Waals surface area contributed by atoms with Gasteiger partial charge in [0.2, 0.25) is 0 Å². The molecule has 3 fully saturated rings. The number of hydrogen-bond donors (Lipinski definition) is 2. The molecule has 1 saturated heterocycles. The van der Waals surface area contributed by atoms with Crippen molar-refractivity contribution in [2.75, 3.05) is 6.61 Å². The molecule has 0 radical (unpaired) electrons. The molecule has 2 aliphatic carbocycles. The zero-order valence-corrected chi connectivity index (χ0v) is 15.0. The first-order valence-corrected chi connectivity index (χ1v) is 9.48. The number of rotatable bonds is 6. The van der Waals surface area contributed by atoms with Crippen LogP contribution in [-0.2, 0) is 18.8 Å². The monoisotopic (exact) mass is 352 g/mol. The lowest BCUT2D eigenvalue weighted by atomic mass is 9.81. The third-order valence-corrected chi connectivity index (χ3v) is 5.85. The Balaban J connectivity index is 1.73. The Morgan fingerprint density at radius 1 is 1.08 bits per heavy atom. The fourth-order valence-electron chi connectivity index (χ4n) is 4.48. The third-order valence-electron chi connectivity index (χ3n) is 5.85. The molecule has 0 unspecified atom stereocenters. The van der Waals surface area contributed by atoms with Crippen molar-refractivity contribution in [2.45, 2.75) is 88.0 Å². The Morgan fingerprint density at radius 3 is 1.92 bits per heavy atom. The lowest BCUT2D eigenvalue weighted by Gasteiger charge is -2.39. The lowest BCUT2D eigenvalue weighted by Crippen LogP contribution is -2.54. The van der Waals surface area contributed by atoms with Crippen molar-refractivity contribution >= 4 is 13.1 Å². The van der Waals surface area contributed by atoms with Gasteiger partial charge in [-0.3, -0.25) is 0 Å². The largest absolute Gasteiger partial charge is 0.463 e. The Hall–Kier alpha value is -0.885. The Kier molecular flexibility index (Phi) is 5.58. The molecule has 0 aromatic heterocycles. The van der Waals surface area contributed by atoms with Crippen molar-refractivity contribution in [3.8, 4) is 0 Å². The highest BCUT2D eigenvalue weighted by Crippen LogP contribution is 2.46. The van der Waals surface area contributed by atoms with Gasteiger partial charge >= 0.3 is 13.1 Å². The van der Waals surface area contributed by atoms with Crippen LogP contribution in [0, 0.1) is 0 Å². The van der Waals surface area contributed by atoms with Crippen molar-refractivity contribution in [3.63, 3.8) is 0 Å². The van der Waals surface area contributed by atoms with Gasteiger partial charge in [-0.15, -0.1) is 0 Å². The summed E-state index contributed by atoms with van der Waals surface area (Å²) in [4.78, 5) is 11.8. The van der Waals surface area contributed by atoms with Crippen LogP contribution in [0.3, 0.4) is 0 Å². The van der Waals surface area contributed by atoms with Crippen LogP contribution in [-0.4, -0.2) is 53.3 Å². The van der Waals surface area contributed by atoms with Crippen LogP contribution in [0.2, 0.25) is 6.32 Å². The van der Waals surface area contributed by atoms with Gasteiger partial charge in [-0.1, -0.05) is 32.3 Å². The molecule has 0 amide bonds. The Labute approximate surface area is 149 Å². The maximum atomic E-state index is 11.8. The molecule has 6 nitrogen and oxygen atoms in total. The summed E-state index contributed by atoms with van der Waals surface area (Å²) in [5.41, 5.74) is -1.66.